The summed E-state index contributed by atoms with van der Waals surface area (Å²) >= 11 is 6.37. The highest BCUT2D eigenvalue weighted by Gasteiger charge is 2.22. The van der Waals surface area contributed by atoms with Crippen LogP contribution in [0.4, 0.5) is 5.69 Å². The van der Waals surface area contributed by atoms with Gasteiger partial charge in [-0.2, -0.15) is 0 Å². The third-order valence-electron chi connectivity index (χ3n) is 5.31. The molecular formula is C21H33ClN4O2. The summed E-state index contributed by atoms with van der Waals surface area (Å²) in [5.74, 6) is 1.44. The van der Waals surface area contributed by atoms with Crippen molar-refractivity contribution in [2.45, 2.75) is 31.7 Å². The topological polar surface area (TPSA) is 58.1 Å². The van der Waals surface area contributed by atoms with Crippen molar-refractivity contribution in [2.75, 3.05) is 58.0 Å². The largest absolute Gasteiger partial charge is 0.381 e. The van der Waals surface area contributed by atoms with Crippen LogP contribution in [0.3, 0.4) is 0 Å². The first-order chi connectivity index (χ1) is 13.8. The van der Waals surface area contributed by atoms with Gasteiger partial charge in [-0.15, -0.1) is 0 Å². The maximum Gasteiger partial charge on any atom is 0.191 e. The van der Waals surface area contributed by atoms with E-state index in [4.69, 9.17) is 21.1 Å². The highest BCUT2D eigenvalue weighted by Crippen LogP contribution is 2.27. The van der Waals surface area contributed by atoms with Gasteiger partial charge in [0, 0.05) is 51.9 Å². The van der Waals surface area contributed by atoms with Crippen LogP contribution in [0.25, 0.3) is 0 Å². The number of para-hydroxylation sites is 1. The van der Waals surface area contributed by atoms with Crippen molar-refractivity contribution >= 4 is 23.2 Å². The summed E-state index contributed by atoms with van der Waals surface area (Å²) < 4.78 is 11.1. The number of ether oxygens (including phenoxy) is 2. The van der Waals surface area contributed by atoms with Gasteiger partial charge in [-0.1, -0.05) is 23.7 Å². The van der Waals surface area contributed by atoms with Crippen LogP contribution in [0.15, 0.2) is 29.3 Å². The van der Waals surface area contributed by atoms with Crippen molar-refractivity contribution in [3.05, 3.63) is 29.3 Å². The first kappa shape index (κ1) is 21.2. The minimum Gasteiger partial charge on any atom is -0.381 e. The molecule has 6 nitrogen and oxygen atoms in total. The van der Waals surface area contributed by atoms with Gasteiger partial charge >= 0.3 is 0 Å². The Kier molecular flexibility index (Phi) is 8.70. The van der Waals surface area contributed by atoms with Crippen molar-refractivity contribution in [2.24, 2.45) is 10.9 Å². The van der Waals surface area contributed by atoms with Gasteiger partial charge in [0.05, 0.1) is 23.9 Å². The van der Waals surface area contributed by atoms with Gasteiger partial charge in [-0.25, -0.2) is 0 Å². The van der Waals surface area contributed by atoms with E-state index in [0.717, 1.165) is 88.4 Å². The number of halogens is 1. The molecule has 2 fully saturated rings. The van der Waals surface area contributed by atoms with E-state index in [0.29, 0.717) is 12.0 Å². The summed E-state index contributed by atoms with van der Waals surface area (Å²) in [6.07, 6.45) is 4.36. The van der Waals surface area contributed by atoms with Gasteiger partial charge < -0.3 is 25.0 Å². The average Bonchev–Trinajstić information content (AvgIpc) is 3.24. The van der Waals surface area contributed by atoms with Crippen LogP contribution in [-0.2, 0) is 9.47 Å². The third-order valence-corrected chi connectivity index (χ3v) is 5.63. The first-order valence-corrected chi connectivity index (χ1v) is 10.8. The summed E-state index contributed by atoms with van der Waals surface area (Å²) in [5, 5.41) is 7.77. The molecule has 0 aliphatic carbocycles. The van der Waals surface area contributed by atoms with Crippen molar-refractivity contribution in [3.63, 3.8) is 0 Å². The quantitative estimate of drug-likeness (QED) is 0.393. The molecule has 0 radical (unpaired) electrons. The highest BCUT2D eigenvalue weighted by atomic mass is 35.5. The van der Waals surface area contributed by atoms with Crippen LogP contribution in [0, 0.1) is 5.92 Å². The number of nitrogens with zero attached hydrogens (tertiary/aromatic N) is 2. The Morgan fingerprint density at radius 1 is 1.36 bits per heavy atom. The molecule has 2 aliphatic heterocycles. The van der Waals surface area contributed by atoms with Crippen LogP contribution in [0.5, 0.6) is 0 Å². The van der Waals surface area contributed by atoms with Crippen LogP contribution < -0.4 is 15.5 Å². The maximum atomic E-state index is 6.37. The predicted octanol–water partition coefficient (Wildman–Crippen LogP) is 2.92. The van der Waals surface area contributed by atoms with Gasteiger partial charge in [0.1, 0.15) is 0 Å². The Hall–Kier alpha value is -1.50. The first-order valence-electron chi connectivity index (χ1n) is 10.4. The molecule has 0 saturated carbocycles. The molecule has 156 valence electrons. The maximum absolute atomic E-state index is 6.37. The van der Waals surface area contributed by atoms with Gasteiger partial charge in [0.15, 0.2) is 5.96 Å². The Labute approximate surface area is 173 Å². The highest BCUT2D eigenvalue weighted by molar-refractivity contribution is 6.33. The molecule has 2 heterocycles. The van der Waals surface area contributed by atoms with E-state index in [1.807, 2.05) is 25.2 Å². The second-order valence-corrected chi connectivity index (χ2v) is 7.95. The average molecular weight is 409 g/mol. The number of nitrogens with one attached hydrogen (secondary N) is 2. The standard InChI is InChI=1S/C21H33ClN4O2/c1-23-21(24-10-5-12-27-15-17-9-13-28-16-17)25-18-6-4-11-26(14-18)20-8-3-2-7-19(20)22/h2-3,7-8,17-18H,4-6,9-16H2,1H3,(H2,23,24,25). The van der Waals surface area contributed by atoms with Crippen molar-refractivity contribution in [1.29, 1.82) is 0 Å². The molecule has 2 unspecified atom stereocenters. The summed E-state index contributed by atoms with van der Waals surface area (Å²) in [6, 6.07) is 8.42. The van der Waals surface area contributed by atoms with E-state index in [1.165, 1.54) is 0 Å². The number of rotatable bonds is 8. The monoisotopic (exact) mass is 408 g/mol. The summed E-state index contributed by atoms with van der Waals surface area (Å²) in [5.41, 5.74) is 1.11. The molecule has 1 aromatic carbocycles. The number of benzene rings is 1. The van der Waals surface area contributed by atoms with Gasteiger partial charge in [-0.05, 0) is 37.8 Å². The zero-order valence-corrected chi connectivity index (χ0v) is 17.6. The summed E-state index contributed by atoms with van der Waals surface area (Å²) in [4.78, 5) is 6.73. The van der Waals surface area contributed by atoms with E-state index in [-0.39, 0.29) is 0 Å². The molecule has 1 aromatic rings. The number of hydrogen-bond acceptors (Lipinski definition) is 4. The van der Waals surface area contributed by atoms with Crippen molar-refractivity contribution in [3.8, 4) is 0 Å². The van der Waals surface area contributed by atoms with Crippen molar-refractivity contribution in [1.82, 2.24) is 10.6 Å². The fraction of sp³-hybridized carbons (Fsp3) is 0.667. The Bertz CT molecular complexity index is 622. The molecule has 7 heteroatoms. The molecule has 2 N–H and O–H groups in total. The number of piperidine rings is 1. The second kappa shape index (κ2) is 11.5. The molecule has 2 saturated heterocycles. The van der Waals surface area contributed by atoms with E-state index in [2.05, 4.69) is 26.6 Å². The zero-order valence-electron chi connectivity index (χ0n) is 16.8. The summed E-state index contributed by atoms with van der Waals surface area (Å²) in [7, 11) is 1.82. The Morgan fingerprint density at radius 3 is 3.04 bits per heavy atom. The van der Waals surface area contributed by atoms with Gasteiger partial charge in [0.25, 0.3) is 0 Å². The van der Waals surface area contributed by atoms with E-state index >= 15 is 0 Å². The number of anilines is 1. The van der Waals surface area contributed by atoms with E-state index < -0.39 is 0 Å². The molecule has 3 rings (SSSR count). The van der Waals surface area contributed by atoms with Gasteiger partial charge in [0.2, 0.25) is 0 Å². The van der Waals surface area contributed by atoms with Crippen LogP contribution in [-0.4, -0.2) is 65.1 Å². The molecule has 2 aliphatic rings. The number of hydrogen-bond donors (Lipinski definition) is 2. The number of aliphatic imine (C=N–C) groups is 1. The predicted molar refractivity (Wildman–Crippen MR) is 116 cm³/mol. The molecule has 0 aromatic heterocycles. The smallest absolute Gasteiger partial charge is 0.191 e. The fourth-order valence-electron chi connectivity index (χ4n) is 3.76. The van der Waals surface area contributed by atoms with Crippen molar-refractivity contribution < 1.29 is 9.47 Å². The number of guanidine groups is 1. The lowest BCUT2D eigenvalue weighted by Gasteiger charge is -2.35. The normalized spacial score (nSPS) is 23.1. The lowest BCUT2D eigenvalue weighted by atomic mass is 10.0. The lowest BCUT2D eigenvalue weighted by molar-refractivity contribution is 0.0888. The summed E-state index contributed by atoms with van der Waals surface area (Å²) in [6.45, 7) is 6.13. The van der Waals surface area contributed by atoms with Gasteiger partial charge in [-0.3, -0.25) is 4.99 Å². The minimum absolute atomic E-state index is 0.356. The zero-order chi connectivity index (χ0) is 19.6. The van der Waals surface area contributed by atoms with Crippen LogP contribution in [0.1, 0.15) is 25.7 Å². The van der Waals surface area contributed by atoms with E-state index in [1.54, 1.807) is 0 Å². The van der Waals surface area contributed by atoms with Crippen LogP contribution >= 0.6 is 11.6 Å². The molecule has 0 spiro atoms. The van der Waals surface area contributed by atoms with Crippen LogP contribution in [0.2, 0.25) is 5.02 Å². The Balaban J connectivity index is 1.35. The van der Waals surface area contributed by atoms with E-state index in [9.17, 15) is 0 Å². The minimum atomic E-state index is 0.356. The molecule has 0 amide bonds. The fourth-order valence-corrected chi connectivity index (χ4v) is 4.01. The SMILES string of the molecule is CN=C(NCCCOCC1CCOC1)NC1CCCN(c2ccccc2Cl)C1. The third kappa shape index (κ3) is 6.54. The molecular weight excluding hydrogens is 376 g/mol. The molecule has 0 bridgehead atoms. The molecule has 28 heavy (non-hydrogen) atoms. The lowest BCUT2D eigenvalue weighted by Crippen LogP contribution is -2.51. The molecule has 2 atom stereocenters. The Morgan fingerprint density at radius 2 is 2.25 bits per heavy atom. The second-order valence-electron chi connectivity index (χ2n) is 7.54.